The topological polar surface area (TPSA) is 52.6 Å². The third kappa shape index (κ3) is 2.93. The molecule has 1 amide bonds. The Morgan fingerprint density at radius 2 is 1.82 bits per heavy atom. The molecule has 2 aromatic carbocycles. The summed E-state index contributed by atoms with van der Waals surface area (Å²) in [7, 11) is 1.76. The van der Waals surface area contributed by atoms with Gasteiger partial charge in [0, 0.05) is 6.54 Å². The molecule has 1 saturated carbocycles. The van der Waals surface area contributed by atoms with Gasteiger partial charge in [-0.15, -0.1) is 0 Å². The van der Waals surface area contributed by atoms with E-state index in [2.05, 4.69) is 5.32 Å². The van der Waals surface area contributed by atoms with Crippen LogP contribution in [0.25, 0.3) is 0 Å². The van der Waals surface area contributed by atoms with Gasteiger partial charge in [-0.1, -0.05) is 61.7 Å². The lowest BCUT2D eigenvalue weighted by Crippen LogP contribution is -2.48. The summed E-state index contributed by atoms with van der Waals surface area (Å²) < 4.78 is 15.1. The average molecular weight is 382 g/mol. The maximum absolute atomic E-state index is 15.1. The Bertz CT molecular complexity index is 849. The van der Waals surface area contributed by atoms with Gasteiger partial charge in [-0.3, -0.25) is 9.69 Å². The minimum absolute atomic E-state index is 0.0729. The fourth-order valence-corrected chi connectivity index (χ4v) is 5.01. The van der Waals surface area contributed by atoms with Crippen molar-refractivity contribution < 1.29 is 14.3 Å². The number of aliphatic hydroxyl groups is 1. The van der Waals surface area contributed by atoms with Crippen LogP contribution in [0.4, 0.5) is 10.1 Å². The van der Waals surface area contributed by atoms with Crippen molar-refractivity contribution in [2.24, 2.45) is 0 Å². The molecule has 0 saturated heterocycles. The quantitative estimate of drug-likeness (QED) is 0.829. The van der Waals surface area contributed by atoms with E-state index in [0.29, 0.717) is 12.2 Å². The summed E-state index contributed by atoms with van der Waals surface area (Å²) in [6.07, 6.45) is 3.65. The number of carbonyl (C=O) groups excluding carboxylic acids is 1. The number of hydrogen-bond acceptors (Lipinski definition) is 3. The van der Waals surface area contributed by atoms with Crippen molar-refractivity contribution in [3.63, 3.8) is 0 Å². The van der Waals surface area contributed by atoms with Crippen LogP contribution in [0, 0.1) is 5.82 Å². The normalized spacial score (nSPS) is 20.2. The molecule has 2 atom stereocenters. The van der Waals surface area contributed by atoms with Gasteiger partial charge in [0.15, 0.2) is 0 Å². The van der Waals surface area contributed by atoms with Gasteiger partial charge in [-0.05, 0) is 37.1 Å². The lowest BCUT2D eigenvalue weighted by molar-refractivity contribution is -0.125. The van der Waals surface area contributed by atoms with Crippen LogP contribution in [0.5, 0.6) is 0 Å². The fraction of sp³-hybridized carbons (Fsp3) is 0.435. The first-order valence-corrected chi connectivity index (χ1v) is 10.1. The summed E-state index contributed by atoms with van der Waals surface area (Å²) in [5.74, 6) is -0.470. The molecule has 1 fully saturated rings. The number of para-hydroxylation sites is 1. The molecule has 5 heteroatoms. The smallest absolute Gasteiger partial charge is 0.238 e. The number of amides is 1. The number of halogens is 1. The largest absolute Gasteiger partial charge is 0.389 e. The van der Waals surface area contributed by atoms with Crippen molar-refractivity contribution >= 4 is 11.6 Å². The SMILES string of the molecule is CNCC(O)[C@H](c1ccccc1)N1C(=O)C2(CCCCC2)c2cccc(F)c21. The number of nitrogens with one attached hydrogen (secondary N) is 1. The first-order valence-electron chi connectivity index (χ1n) is 10.1. The molecule has 28 heavy (non-hydrogen) atoms. The Balaban J connectivity index is 1.88. The molecule has 1 spiro atoms. The van der Waals surface area contributed by atoms with Gasteiger partial charge >= 0.3 is 0 Å². The molecule has 1 aliphatic heterocycles. The van der Waals surface area contributed by atoms with Crippen LogP contribution in [-0.4, -0.2) is 30.7 Å². The molecule has 1 unspecified atom stereocenters. The van der Waals surface area contributed by atoms with Gasteiger partial charge in [0.25, 0.3) is 0 Å². The van der Waals surface area contributed by atoms with Gasteiger partial charge in [-0.25, -0.2) is 4.39 Å². The first kappa shape index (κ1) is 19.1. The number of fused-ring (bicyclic) bond motifs is 2. The molecule has 2 aromatic rings. The predicted octanol–water partition coefficient (Wildman–Crippen LogP) is 3.70. The second kappa shape index (κ2) is 7.64. The van der Waals surface area contributed by atoms with E-state index in [1.54, 1.807) is 18.0 Å². The Labute approximate surface area is 165 Å². The minimum atomic E-state index is -0.859. The maximum atomic E-state index is 15.1. The number of benzene rings is 2. The number of hydrogen-bond donors (Lipinski definition) is 2. The highest BCUT2D eigenvalue weighted by molar-refractivity contribution is 6.09. The van der Waals surface area contributed by atoms with E-state index in [1.165, 1.54) is 6.07 Å². The summed E-state index contributed by atoms with van der Waals surface area (Å²) in [6, 6.07) is 13.8. The molecule has 2 N–H and O–H groups in total. The standard InChI is InChI=1S/C23H27FN2O2/c1-25-15-19(27)20(16-9-4-2-5-10-16)26-21-17(11-8-12-18(21)24)23(22(26)28)13-6-3-7-14-23/h2,4-5,8-12,19-20,25,27H,3,6-7,13-15H2,1H3/t19?,20-/m0/s1. The van der Waals surface area contributed by atoms with Crippen LogP contribution < -0.4 is 10.2 Å². The molecule has 0 aromatic heterocycles. The van der Waals surface area contributed by atoms with E-state index in [-0.39, 0.29) is 5.91 Å². The Hall–Kier alpha value is -2.24. The summed E-state index contributed by atoms with van der Waals surface area (Å²) in [6.45, 7) is 0.306. The Morgan fingerprint density at radius 3 is 2.50 bits per heavy atom. The summed E-state index contributed by atoms with van der Waals surface area (Å²) in [5, 5.41) is 13.9. The Kier molecular flexibility index (Phi) is 5.21. The predicted molar refractivity (Wildman–Crippen MR) is 108 cm³/mol. The van der Waals surface area contributed by atoms with Gasteiger partial charge in [0.1, 0.15) is 5.82 Å². The maximum Gasteiger partial charge on any atom is 0.238 e. The minimum Gasteiger partial charge on any atom is -0.389 e. The van der Waals surface area contributed by atoms with Crippen LogP contribution >= 0.6 is 0 Å². The fourth-order valence-electron chi connectivity index (χ4n) is 5.01. The van der Waals surface area contributed by atoms with Gasteiger partial charge < -0.3 is 10.4 Å². The number of rotatable bonds is 5. The van der Waals surface area contributed by atoms with Crippen LogP contribution in [0.1, 0.15) is 49.3 Å². The van der Waals surface area contributed by atoms with E-state index in [0.717, 1.165) is 43.2 Å². The molecule has 4 nitrogen and oxygen atoms in total. The molecule has 0 bridgehead atoms. The van der Waals surface area contributed by atoms with Crippen LogP contribution in [0.15, 0.2) is 48.5 Å². The number of likely N-dealkylation sites (N-methyl/N-ethyl adjacent to an activating group) is 1. The zero-order chi connectivity index (χ0) is 19.7. The molecular weight excluding hydrogens is 355 g/mol. The number of aliphatic hydroxyl groups excluding tert-OH is 1. The van der Waals surface area contributed by atoms with E-state index < -0.39 is 23.4 Å². The van der Waals surface area contributed by atoms with Gasteiger partial charge in [0.2, 0.25) is 5.91 Å². The van der Waals surface area contributed by atoms with Crippen LogP contribution in [-0.2, 0) is 10.2 Å². The third-order valence-corrected chi connectivity index (χ3v) is 6.28. The van der Waals surface area contributed by atoms with Gasteiger partial charge in [-0.2, -0.15) is 0 Å². The molecule has 0 radical (unpaired) electrons. The summed E-state index contributed by atoms with van der Waals surface area (Å²) in [5.41, 5.74) is 1.27. The molecule has 1 heterocycles. The first-order chi connectivity index (χ1) is 13.6. The highest BCUT2D eigenvalue weighted by Crippen LogP contribution is 2.53. The highest BCUT2D eigenvalue weighted by Gasteiger charge is 2.54. The monoisotopic (exact) mass is 382 g/mol. The van der Waals surface area contributed by atoms with Crippen LogP contribution in [0.3, 0.4) is 0 Å². The van der Waals surface area contributed by atoms with E-state index >= 15 is 4.39 Å². The van der Waals surface area contributed by atoms with Crippen molar-refractivity contribution in [2.45, 2.75) is 49.7 Å². The van der Waals surface area contributed by atoms with E-state index in [4.69, 9.17) is 0 Å². The number of anilines is 1. The van der Waals surface area contributed by atoms with Crippen molar-refractivity contribution in [1.82, 2.24) is 5.32 Å². The molecule has 4 rings (SSSR count). The van der Waals surface area contributed by atoms with Crippen molar-refractivity contribution in [3.8, 4) is 0 Å². The average Bonchev–Trinajstić information content (AvgIpc) is 2.94. The summed E-state index contributed by atoms with van der Waals surface area (Å²) >= 11 is 0. The number of nitrogens with zero attached hydrogens (tertiary/aromatic N) is 1. The zero-order valence-corrected chi connectivity index (χ0v) is 16.2. The second-order valence-electron chi connectivity index (χ2n) is 7.93. The lowest BCUT2D eigenvalue weighted by atomic mass is 9.70. The second-order valence-corrected chi connectivity index (χ2v) is 7.93. The van der Waals surface area contributed by atoms with Crippen molar-refractivity contribution in [2.75, 3.05) is 18.5 Å². The van der Waals surface area contributed by atoms with Crippen molar-refractivity contribution in [1.29, 1.82) is 0 Å². The summed E-state index contributed by atoms with van der Waals surface area (Å²) in [4.78, 5) is 15.4. The molecule has 2 aliphatic rings. The van der Waals surface area contributed by atoms with E-state index in [9.17, 15) is 9.90 Å². The van der Waals surface area contributed by atoms with Crippen molar-refractivity contribution in [3.05, 3.63) is 65.5 Å². The van der Waals surface area contributed by atoms with E-state index in [1.807, 2.05) is 36.4 Å². The molecule has 1 aliphatic carbocycles. The number of carbonyl (C=O) groups is 1. The van der Waals surface area contributed by atoms with Gasteiger partial charge in [0.05, 0.1) is 23.2 Å². The third-order valence-electron chi connectivity index (χ3n) is 6.28. The molecular formula is C23H27FN2O2. The zero-order valence-electron chi connectivity index (χ0n) is 16.2. The lowest BCUT2D eigenvalue weighted by Gasteiger charge is -2.36. The van der Waals surface area contributed by atoms with Crippen LogP contribution in [0.2, 0.25) is 0 Å². The Morgan fingerprint density at radius 1 is 1.11 bits per heavy atom. The highest BCUT2D eigenvalue weighted by atomic mass is 19.1. The molecule has 148 valence electrons.